The molecule has 2 aromatic rings. The molecule has 19 heavy (non-hydrogen) atoms. The molecular weight excluding hydrogens is 238 g/mol. The van der Waals surface area contributed by atoms with E-state index in [1.165, 1.54) is 16.3 Å². The molecular formula is C16H19NO2. The van der Waals surface area contributed by atoms with Crippen molar-refractivity contribution in [2.75, 3.05) is 6.61 Å². The summed E-state index contributed by atoms with van der Waals surface area (Å²) in [6, 6.07) is 14.2. The summed E-state index contributed by atoms with van der Waals surface area (Å²) in [7, 11) is 0. The summed E-state index contributed by atoms with van der Waals surface area (Å²) in [5.41, 5.74) is 7.20. The smallest absolute Gasteiger partial charge is 0.307 e. The average molecular weight is 257 g/mol. The van der Waals surface area contributed by atoms with E-state index in [1.54, 1.807) is 6.92 Å². The second-order valence-corrected chi connectivity index (χ2v) is 4.61. The molecule has 2 rings (SSSR count). The molecule has 0 fully saturated rings. The van der Waals surface area contributed by atoms with Gasteiger partial charge < -0.3 is 10.5 Å². The minimum Gasteiger partial charge on any atom is -0.466 e. The second kappa shape index (κ2) is 6.34. The first-order valence-electron chi connectivity index (χ1n) is 6.58. The van der Waals surface area contributed by atoms with Crippen LogP contribution in [0.4, 0.5) is 0 Å². The highest BCUT2D eigenvalue weighted by molar-refractivity contribution is 5.85. The minimum atomic E-state index is -0.227. The van der Waals surface area contributed by atoms with Crippen LogP contribution in [-0.2, 0) is 16.0 Å². The zero-order valence-electron chi connectivity index (χ0n) is 11.1. The molecule has 0 spiro atoms. The third-order valence-corrected chi connectivity index (χ3v) is 3.10. The van der Waals surface area contributed by atoms with Gasteiger partial charge in [0.05, 0.1) is 13.0 Å². The molecule has 100 valence electrons. The maximum atomic E-state index is 11.4. The Morgan fingerprint density at radius 1 is 1.21 bits per heavy atom. The van der Waals surface area contributed by atoms with Gasteiger partial charge in [-0.1, -0.05) is 42.5 Å². The third kappa shape index (κ3) is 3.55. The van der Waals surface area contributed by atoms with Crippen molar-refractivity contribution in [3.05, 3.63) is 48.0 Å². The number of esters is 1. The van der Waals surface area contributed by atoms with Gasteiger partial charge in [-0.15, -0.1) is 0 Å². The van der Waals surface area contributed by atoms with E-state index in [9.17, 15) is 4.79 Å². The Bertz CT molecular complexity index is 560. The van der Waals surface area contributed by atoms with E-state index in [0.29, 0.717) is 13.0 Å². The Balaban J connectivity index is 2.10. The normalized spacial score (nSPS) is 12.3. The lowest BCUT2D eigenvalue weighted by atomic mass is 9.98. The lowest BCUT2D eigenvalue weighted by molar-refractivity contribution is -0.143. The molecule has 0 saturated carbocycles. The van der Waals surface area contributed by atoms with Crippen LogP contribution in [-0.4, -0.2) is 18.6 Å². The van der Waals surface area contributed by atoms with Gasteiger partial charge in [0.15, 0.2) is 0 Å². The summed E-state index contributed by atoms with van der Waals surface area (Å²) in [6.07, 6.45) is 0.942. The first-order chi connectivity index (χ1) is 9.20. The van der Waals surface area contributed by atoms with Crippen molar-refractivity contribution >= 4 is 16.7 Å². The van der Waals surface area contributed by atoms with Gasteiger partial charge in [-0.3, -0.25) is 4.79 Å². The van der Waals surface area contributed by atoms with E-state index in [1.807, 2.05) is 18.2 Å². The Morgan fingerprint density at radius 3 is 2.74 bits per heavy atom. The highest BCUT2D eigenvalue weighted by Gasteiger charge is 2.12. The van der Waals surface area contributed by atoms with Crippen LogP contribution < -0.4 is 5.73 Å². The Morgan fingerprint density at radius 2 is 1.95 bits per heavy atom. The number of carbonyl (C=O) groups excluding carboxylic acids is 1. The van der Waals surface area contributed by atoms with Gasteiger partial charge in [0.25, 0.3) is 0 Å². The lowest BCUT2D eigenvalue weighted by Crippen LogP contribution is -2.27. The molecule has 0 amide bonds. The highest BCUT2D eigenvalue weighted by Crippen LogP contribution is 2.20. The molecule has 2 N–H and O–H groups in total. The summed E-state index contributed by atoms with van der Waals surface area (Å²) >= 11 is 0. The molecule has 0 aromatic heterocycles. The summed E-state index contributed by atoms with van der Waals surface area (Å²) in [5, 5.41) is 2.40. The van der Waals surface area contributed by atoms with Gasteiger partial charge in [-0.05, 0) is 29.7 Å². The number of carbonyl (C=O) groups is 1. The quantitative estimate of drug-likeness (QED) is 0.838. The van der Waals surface area contributed by atoms with Crippen LogP contribution in [0.2, 0.25) is 0 Å². The summed E-state index contributed by atoms with van der Waals surface area (Å²) in [6.45, 7) is 2.20. The van der Waals surface area contributed by atoms with Crippen LogP contribution in [0, 0.1) is 0 Å². The molecule has 2 aromatic carbocycles. The molecule has 0 aliphatic carbocycles. The van der Waals surface area contributed by atoms with Crippen molar-refractivity contribution < 1.29 is 9.53 Å². The topological polar surface area (TPSA) is 52.3 Å². The molecule has 0 saturated heterocycles. The number of benzene rings is 2. The van der Waals surface area contributed by atoms with Gasteiger partial charge in [-0.25, -0.2) is 0 Å². The monoisotopic (exact) mass is 257 g/mol. The lowest BCUT2D eigenvalue weighted by Gasteiger charge is -2.12. The van der Waals surface area contributed by atoms with E-state index in [0.717, 1.165) is 0 Å². The van der Waals surface area contributed by atoms with Gasteiger partial charge in [0, 0.05) is 6.04 Å². The molecule has 0 aliphatic rings. The number of ether oxygens (including phenoxy) is 1. The number of nitrogens with two attached hydrogens (primary N) is 1. The zero-order valence-corrected chi connectivity index (χ0v) is 11.1. The Hall–Kier alpha value is -1.87. The van der Waals surface area contributed by atoms with Gasteiger partial charge in [0.2, 0.25) is 0 Å². The summed E-state index contributed by atoms with van der Waals surface area (Å²) in [4.78, 5) is 11.4. The minimum absolute atomic E-state index is 0.204. The second-order valence-electron chi connectivity index (χ2n) is 4.61. The largest absolute Gasteiger partial charge is 0.466 e. The number of rotatable bonds is 5. The highest BCUT2D eigenvalue weighted by atomic mass is 16.5. The molecule has 0 unspecified atom stereocenters. The van der Waals surface area contributed by atoms with E-state index >= 15 is 0 Å². The van der Waals surface area contributed by atoms with Crippen LogP contribution >= 0.6 is 0 Å². The predicted molar refractivity (Wildman–Crippen MR) is 76.9 cm³/mol. The van der Waals surface area contributed by atoms with Crippen LogP contribution in [0.3, 0.4) is 0 Å². The molecule has 1 atom stereocenters. The molecule has 0 bridgehead atoms. The Labute approximate surface area is 113 Å². The van der Waals surface area contributed by atoms with Gasteiger partial charge >= 0.3 is 5.97 Å². The van der Waals surface area contributed by atoms with Gasteiger partial charge in [-0.2, -0.15) is 0 Å². The summed E-state index contributed by atoms with van der Waals surface area (Å²) < 4.78 is 4.92. The molecule has 0 heterocycles. The number of hydrogen-bond acceptors (Lipinski definition) is 3. The average Bonchev–Trinajstić information content (AvgIpc) is 2.39. The van der Waals surface area contributed by atoms with E-state index in [-0.39, 0.29) is 18.4 Å². The molecule has 3 heteroatoms. The molecule has 0 aliphatic heterocycles. The fourth-order valence-electron chi connectivity index (χ4n) is 2.26. The number of fused-ring (bicyclic) bond motifs is 1. The maximum absolute atomic E-state index is 11.4. The van der Waals surface area contributed by atoms with E-state index in [2.05, 4.69) is 24.3 Å². The molecule has 3 nitrogen and oxygen atoms in total. The zero-order chi connectivity index (χ0) is 13.7. The first kappa shape index (κ1) is 13.6. The standard InChI is InChI=1S/C16H19NO2/c1-2-19-16(18)11-14(17)10-13-8-5-7-12-6-3-4-9-15(12)13/h3-9,14H,2,10-11,17H2,1H3/t14-/m1/s1. The van der Waals surface area contributed by atoms with Crippen LogP contribution in [0.15, 0.2) is 42.5 Å². The van der Waals surface area contributed by atoms with Crippen molar-refractivity contribution in [1.82, 2.24) is 0 Å². The van der Waals surface area contributed by atoms with Crippen LogP contribution in [0.1, 0.15) is 18.9 Å². The van der Waals surface area contributed by atoms with Crippen LogP contribution in [0.25, 0.3) is 10.8 Å². The fourth-order valence-corrected chi connectivity index (χ4v) is 2.26. The van der Waals surface area contributed by atoms with Crippen molar-refractivity contribution in [3.8, 4) is 0 Å². The number of hydrogen-bond donors (Lipinski definition) is 1. The van der Waals surface area contributed by atoms with Crippen molar-refractivity contribution in [2.24, 2.45) is 5.73 Å². The summed E-state index contributed by atoms with van der Waals surface area (Å²) in [5.74, 6) is -0.227. The van der Waals surface area contributed by atoms with E-state index in [4.69, 9.17) is 10.5 Å². The predicted octanol–water partition coefficient (Wildman–Crippen LogP) is 2.66. The first-order valence-corrected chi connectivity index (χ1v) is 6.58. The Kier molecular flexibility index (Phi) is 4.53. The van der Waals surface area contributed by atoms with E-state index < -0.39 is 0 Å². The van der Waals surface area contributed by atoms with Crippen LogP contribution in [0.5, 0.6) is 0 Å². The van der Waals surface area contributed by atoms with Crippen molar-refractivity contribution in [2.45, 2.75) is 25.8 Å². The third-order valence-electron chi connectivity index (χ3n) is 3.10. The van der Waals surface area contributed by atoms with Crippen molar-refractivity contribution in [1.29, 1.82) is 0 Å². The fraction of sp³-hybridized carbons (Fsp3) is 0.312. The SMILES string of the molecule is CCOC(=O)C[C@H](N)Cc1cccc2ccccc12. The van der Waals surface area contributed by atoms with Crippen molar-refractivity contribution in [3.63, 3.8) is 0 Å². The maximum Gasteiger partial charge on any atom is 0.307 e. The molecule has 0 radical (unpaired) electrons. The van der Waals surface area contributed by atoms with Gasteiger partial charge in [0.1, 0.15) is 0 Å².